The van der Waals surface area contributed by atoms with Crippen molar-refractivity contribution < 1.29 is 5.06 Å². The molecule has 0 amide bonds. The molecule has 3 nitrogen and oxygen atoms in total. The Balaban J connectivity index is 2.23. The van der Waals surface area contributed by atoms with Crippen molar-refractivity contribution in [2.45, 2.75) is 26.3 Å². The van der Waals surface area contributed by atoms with E-state index in [2.05, 4.69) is 19.2 Å². The van der Waals surface area contributed by atoms with Crippen molar-refractivity contribution in [3.63, 3.8) is 0 Å². The normalized spacial score (nSPS) is 32.7. The minimum absolute atomic E-state index is 0.425. The van der Waals surface area contributed by atoms with Crippen molar-refractivity contribution in [1.29, 1.82) is 0 Å². The Kier molecular flexibility index (Phi) is 3.30. The first-order valence-corrected chi connectivity index (χ1v) is 4.43. The van der Waals surface area contributed by atoms with E-state index in [-0.39, 0.29) is 0 Å². The highest BCUT2D eigenvalue weighted by Gasteiger charge is 2.17. The van der Waals surface area contributed by atoms with Gasteiger partial charge in [-0.3, -0.25) is 0 Å². The smallest absolute Gasteiger partial charge is 0.0924 e. The van der Waals surface area contributed by atoms with Crippen LogP contribution in [0.15, 0.2) is 0 Å². The van der Waals surface area contributed by atoms with Gasteiger partial charge in [0.1, 0.15) is 0 Å². The van der Waals surface area contributed by atoms with Crippen LogP contribution in [0.25, 0.3) is 0 Å². The number of hydrogen-bond donors (Lipinski definition) is 2. The molecule has 1 rings (SSSR count). The fourth-order valence-electron chi connectivity index (χ4n) is 1.60. The van der Waals surface area contributed by atoms with E-state index in [0.717, 1.165) is 26.1 Å². The van der Waals surface area contributed by atoms with Gasteiger partial charge in [-0.1, -0.05) is 13.8 Å². The van der Waals surface area contributed by atoms with E-state index in [1.807, 2.05) is 0 Å². The molecule has 3 heteroatoms. The molecule has 11 heavy (non-hydrogen) atoms. The van der Waals surface area contributed by atoms with Crippen molar-refractivity contribution >= 4 is 0 Å². The van der Waals surface area contributed by atoms with Crippen molar-refractivity contribution in [3.8, 4) is 0 Å². The first kappa shape index (κ1) is 8.97. The Morgan fingerprint density at radius 2 is 2.36 bits per heavy atom. The summed E-state index contributed by atoms with van der Waals surface area (Å²) in [5, 5.41) is 14.8. The summed E-state index contributed by atoms with van der Waals surface area (Å²) in [6.45, 7) is 6.75. The summed E-state index contributed by atoms with van der Waals surface area (Å²) in [5.74, 6) is 0.693. The summed E-state index contributed by atoms with van der Waals surface area (Å²) < 4.78 is 0. The zero-order valence-electron chi connectivity index (χ0n) is 7.39. The van der Waals surface area contributed by atoms with Crippen LogP contribution in [0.4, 0.5) is 0 Å². The van der Waals surface area contributed by atoms with Crippen LogP contribution < -0.4 is 10.4 Å². The number of hydrogen-bond acceptors (Lipinski definition) is 2. The molecule has 0 radical (unpaired) electrons. The Hall–Kier alpha value is -0.120. The molecule has 0 bridgehead atoms. The van der Waals surface area contributed by atoms with E-state index in [1.165, 1.54) is 0 Å². The third-order valence-electron chi connectivity index (χ3n) is 2.07. The predicted molar refractivity (Wildman–Crippen MR) is 45.3 cm³/mol. The fraction of sp³-hybridized carbons (Fsp3) is 1.00. The van der Waals surface area contributed by atoms with Crippen LogP contribution in [-0.2, 0) is 0 Å². The van der Waals surface area contributed by atoms with Gasteiger partial charge in [-0.15, -0.1) is 0 Å². The molecule has 1 aliphatic rings. The predicted octanol–water partition coefficient (Wildman–Crippen LogP) is -0.613. The summed E-state index contributed by atoms with van der Waals surface area (Å²) in [6, 6.07) is 0.455. The maximum Gasteiger partial charge on any atom is 0.0924 e. The molecule has 1 heterocycles. The van der Waals surface area contributed by atoms with Crippen LogP contribution in [0.3, 0.4) is 0 Å². The van der Waals surface area contributed by atoms with Crippen molar-refractivity contribution in [1.82, 2.24) is 5.32 Å². The highest BCUT2D eigenvalue weighted by atomic mass is 16.5. The van der Waals surface area contributed by atoms with E-state index in [4.69, 9.17) is 0 Å². The molecule has 0 aromatic rings. The van der Waals surface area contributed by atoms with Gasteiger partial charge in [0.15, 0.2) is 0 Å². The maximum atomic E-state index is 11.0. The second-order valence-corrected chi connectivity index (χ2v) is 3.77. The molecule has 1 aliphatic heterocycles. The molecule has 0 spiro atoms. The van der Waals surface area contributed by atoms with Gasteiger partial charge in [-0.05, 0) is 12.3 Å². The molecule has 66 valence electrons. The molecule has 0 saturated carbocycles. The Morgan fingerprint density at radius 3 is 2.91 bits per heavy atom. The van der Waals surface area contributed by atoms with Crippen LogP contribution in [0, 0.1) is 11.1 Å². The quantitative estimate of drug-likeness (QED) is 0.526. The van der Waals surface area contributed by atoms with E-state index in [0.29, 0.717) is 17.0 Å². The monoisotopic (exact) mass is 158 g/mol. The molecular formula is C8H18N2O. The highest BCUT2D eigenvalue weighted by molar-refractivity contribution is 4.69. The number of hydroxylamine groups is 2. The Bertz CT molecular complexity index is 115. The lowest BCUT2D eigenvalue weighted by atomic mass is 10.0. The van der Waals surface area contributed by atoms with E-state index in [1.54, 1.807) is 0 Å². The third-order valence-corrected chi connectivity index (χ3v) is 2.07. The maximum absolute atomic E-state index is 11.0. The summed E-state index contributed by atoms with van der Waals surface area (Å²) >= 11 is 0. The molecule has 2 N–H and O–H groups in total. The first-order valence-electron chi connectivity index (χ1n) is 4.43. The average molecular weight is 158 g/mol. The van der Waals surface area contributed by atoms with E-state index >= 15 is 0 Å². The van der Waals surface area contributed by atoms with Gasteiger partial charge < -0.3 is 15.6 Å². The summed E-state index contributed by atoms with van der Waals surface area (Å²) in [5.41, 5.74) is 0. The standard InChI is InChI=1S/C8H18N2O/c1-7(2)5-8-6-10(11)4-3-9-8/h7-10H,3-6H2,1-2H3. The number of rotatable bonds is 2. The lowest BCUT2D eigenvalue weighted by molar-refractivity contribution is -0.853. The number of nitrogens with one attached hydrogen (secondary N) is 2. The topological polar surface area (TPSA) is 39.5 Å². The average Bonchev–Trinajstić information content (AvgIpc) is 1.85. The molecule has 0 aromatic carbocycles. The molecular weight excluding hydrogens is 140 g/mol. The van der Waals surface area contributed by atoms with Crippen LogP contribution in [-0.4, -0.2) is 25.7 Å². The SMILES string of the molecule is CC(C)CC1C[NH+]([O-])CCN1. The van der Waals surface area contributed by atoms with Gasteiger partial charge in [-0.25, -0.2) is 0 Å². The largest absolute Gasteiger partial charge is 0.634 e. The van der Waals surface area contributed by atoms with Gasteiger partial charge in [-0.2, -0.15) is 0 Å². The van der Waals surface area contributed by atoms with Crippen molar-refractivity contribution in [2.24, 2.45) is 5.92 Å². The van der Waals surface area contributed by atoms with Crippen molar-refractivity contribution in [2.75, 3.05) is 19.6 Å². The lowest BCUT2D eigenvalue weighted by Crippen LogP contribution is -3.11. The summed E-state index contributed by atoms with van der Waals surface area (Å²) in [6.07, 6.45) is 1.13. The van der Waals surface area contributed by atoms with Gasteiger partial charge >= 0.3 is 0 Å². The molecule has 2 unspecified atom stereocenters. The second kappa shape index (κ2) is 4.04. The Labute approximate surface area is 68.3 Å². The summed E-state index contributed by atoms with van der Waals surface area (Å²) in [4.78, 5) is 0. The van der Waals surface area contributed by atoms with E-state index in [9.17, 15) is 5.21 Å². The summed E-state index contributed by atoms with van der Waals surface area (Å²) in [7, 11) is 0. The third kappa shape index (κ3) is 3.18. The second-order valence-electron chi connectivity index (χ2n) is 3.77. The van der Waals surface area contributed by atoms with Gasteiger partial charge in [0.25, 0.3) is 0 Å². The molecule has 1 saturated heterocycles. The Morgan fingerprint density at radius 1 is 1.64 bits per heavy atom. The number of quaternary nitrogens is 1. The zero-order chi connectivity index (χ0) is 8.27. The molecule has 1 fully saturated rings. The minimum Gasteiger partial charge on any atom is -0.634 e. The van der Waals surface area contributed by atoms with E-state index < -0.39 is 0 Å². The van der Waals surface area contributed by atoms with Crippen LogP contribution >= 0.6 is 0 Å². The van der Waals surface area contributed by atoms with Crippen LogP contribution in [0.2, 0.25) is 0 Å². The highest BCUT2D eigenvalue weighted by Crippen LogP contribution is 2.03. The first-order chi connectivity index (χ1) is 5.18. The lowest BCUT2D eigenvalue weighted by Gasteiger charge is -2.33. The van der Waals surface area contributed by atoms with Crippen LogP contribution in [0.5, 0.6) is 0 Å². The minimum atomic E-state index is 0.425. The number of piperazine rings is 1. The fourth-order valence-corrected chi connectivity index (χ4v) is 1.60. The van der Waals surface area contributed by atoms with Gasteiger partial charge in [0.05, 0.1) is 19.1 Å². The molecule has 2 atom stereocenters. The van der Waals surface area contributed by atoms with Crippen LogP contribution in [0.1, 0.15) is 20.3 Å². The van der Waals surface area contributed by atoms with Crippen molar-refractivity contribution in [3.05, 3.63) is 5.21 Å². The zero-order valence-corrected chi connectivity index (χ0v) is 7.39. The van der Waals surface area contributed by atoms with Gasteiger partial charge in [0.2, 0.25) is 0 Å². The molecule has 0 aromatic heterocycles. The molecule has 0 aliphatic carbocycles. The van der Waals surface area contributed by atoms with Gasteiger partial charge in [0, 0.05) is 6.54 Å².